The standard InChI is InChI=1S/C16H23N3O2S/c1-12(2)19-9-13(3)16(10-19)18-22(20,21)11-15-6-4-5-14(7-15)8-17/h4-7,12-13,16,18H,9-11H2,1-3H3. The third-order valence-electron chi connectivity index (χ3n) is 4.11. The number of sulfonamides is 1. The summed E-state index contributed by atoms with van der Waals surface area (Å²) in [6.45, 7) is 7.98. The summed E-state index contributed by atoms with van der Waals surface area (Å²) >= 11 is 0. The monoisotopic (exact) mass is 321 g/mol. The highest BCUT2D eigenvalue weighted by Crippen LogP contribution is 2.20. The Hall–Kier alpha value is -1.42. The number of nitrogens with one attached hydrogen (secondary N) is 1. The lowest BCUT2D eigenvalue weighted by Crippen LogP contribution is -2.41. The van der Waals surface area contributed by atoms with Gasteiger partial charge in [0.05, 0.1) is 17.4 Å². The number of likely N-dealkylation sites (tertiary alicyclic amines) is 1. The maximum Gasteiger partial charge on any atom is 0.216 e. The van der Waals surface area contributed by atoms with E-state index in [1.54, 1.807) is 24.3 Å². The number of hydrogen-bond acceptors (Lipinski definition) is 4. The SMILES string of the molecule is CC1CN(C(C)C)CC1NS(=O)(=O)Cc1cccc(C#N)c1. The van der Waals surface area contributed by atoms with Gasteiger partial charge in [-0.15, -0.1) is 0 Å². The van der Waals surface area contributed by atoms with Crippen molar-refractivity contribution in [2.24, 2.45) is 5.92 Å². The van der Waals surface area contributed by atoms with Crippen LogP contribution in [0.2, 0.25) is 0 Å². The lowest BCUT2D eigenvalue weighted by Gasteiger charge is -2.20. The molecule has 0 radical (unpaired) electrons. The first-order valence-corrected chi connectivity index (χ1v) is 9.19. The van der Waals surface area contributed by atoms with E-state index >= 15 is 0 Å². The van der Waals surface area contributed by atoms with Gasteiger partial charge in [-0.25, -0.2) is 13.1 Å². The zero-order valence-corrected chi connectivity index (χ0v) is 14.1. The van der Waals surface area contributed by atoms with Gasteiger partial charge in [0, 0.05) is 25.2 Å². The quantitative estimate of drug-likeness (QED) is 0.896. The van der Waals surface area contributed by atoms with E-state index in [4.69, 9.17) is 5.26 Å². The summed E-state index contributed by atoms with van der Waals surface area (Å²) in [6, 6.07) is 9.14. The molecule has 0 aromatic heterocycles. The van der Waals surface area contributed by atoms with Crippen LogP contribution in [0.5, 0.6) is 0 Å². The van der Waals surface area contributed by atoms with E-state index in [0.717, 1.165) is 13.1 Å². The van der Waals surface area contributed by atoms with Gasteiger partial charge in [-0.3, -0.25) is 4.90 Å². The fraction of sp³-hybridized carbons (Fsp3) is 0.562. The molecule has 1 heterocycles. The van der Waals surface area contributed by atoms with Gasteiger partial charge in [-0.2, -0.15) is 5.26 Å². The van der Waals surface area contributed by atoms with Gasteiger partial charge in [-0.1, -0.05) is 19.1 Å². The Balaban J connectivity index is 2.04. The first-order chi connectivity index (χ1) is 10.3. The number of rotatable bonds is 5. The van der Waals surface area contributed by atoms with Crippen LogP contribution in [-0.4, -0.2) is 38.5 Å². The minimum absolute atomic E-state index is 0.0495. The molecule has 0 bridgehead atoms. The van der Waals surface area contributed by atoms with Gasteiger partial charge in [0.25, 0.3) is 0 Å². The number of benzene rings is 1. The van der Waals surface area contributed by atoms with Gasteiger partial charge < -0.3 is 0 Å². The lowest BCUT2D eigenvalue weighted by molar-refractivity contribution is 0.265. The molecule has 0 saturated carbocycles. The topological polar surface area (TPSA) is 73.2 Å². The van der Waals surface area contributed by atoms with Crippen molar-refractivity contribution in [3.05, 3.63) is 35.4 Å². The molecule has 0 amide bonds. The van der Waals surface area contributed by atoms with Gasteiger partial charge in [-0.05, 0) is 37.5 Å². The fourth-order valence-electron chi connectivity index (χ4n) is 2.80. The van der Waals surface area contributed by atoms with Crippen molar-refractivity contribution in [3.63, 3.8) is 0 Å². The summed E-state index contributed by atoms with van der Waals surface area (Å²) in [4.78, 5) is 2.29. The molecular formula is C16H23N3O2S. The molecule has 1 N–H and O–H groups in total. The summed E-state index contributed by atoms with van der Waals surface area (Å²) < 4.78 is 27.6. The zero-order valence-electron chi connectivity index (χ0n) is 13.3. The van der Waals surface area contributed by atoms with Crippen LogP contribution in [0.15, 0.2) is 24.3 Å². The molecule has 2 atom stereocenters. The summed E-state index contributed by atoms with van der Waals surface area (Å²) in [5, 5.41) is 8.89. The van der Waals surface area contributed by atoms with Crippen molar-refractivity contribution in [3.8, 4) is 6.07 Å². The van der Waals surface area contributed by atoms with Crippen LogP contribution in [0.4, 0.5) is 0 Å². The van der Waals surface area contributed by atoms with Crippen molar-refractivity contribution in [2.45, 2.75) is 38.6 Å². The van der Waals surface area contributed by atoms with E-state index in [0.29, 0.717) is 23.1 Å². The first kappa shape index (κ1) is 16.9. The van der Waals surface area contributed by atoms with Gasteiger partial charge in [0.2, 0.25) is 10.0 Å². The Kier molecular flexibility index (Phi) is 5.22. The minimum atomic E-state index is -3.41. The van der Waals surface area contributed by atoms with E-state index in [1.807, 2.05) is 6.07 Å². The first-order valence-electron chi connectivity index (χ1n) is 7.54. The normalized spacial score (nSPS) is 22.9. The van der Waals surface area contributed by atoms with Crippen molar-refractivity contribution in [1.29, 1.82) is 5.26 Å². The molecule has 5 nitrogen and oxygen atoms in total. The second-order valence-electron chi connectivity index (χ2n) is 6.32. The highest BCUT2D eigenvalue weighted by molar-refractivity contribution is 7.88. The number of nitriles is 1. The third kappa shape index (κ3) is 4.29. The molecule has 1 aromatic rings. The average molecular weight is 321 g/mol. The molecule has 2 unspecified atom stereocenters. The van der Waals surface area contributed by atoms with Gasteiger partial charge in [0.15, 0.2) is 0 Å². The van der Waals surface area contributed by atoms with Crippen molar-refractivity contribution in [1.82, 2.24) is 9.62 Å². The Morgan fingerprint density at radius 2 is 2.14 bits per heavy atom. The van der Waals surface area contributed by atoms with Crippen molar-refractivity contribution >= 4 is 10.0 Å². The predicted molar refractivity (Wildman–Crippen MR) is 86.6 cm³/mol. The van der Waals surface area contributed by atoms with Crippen LogP contribution < -0.4 is 4.72 Å². The fourth-order valence-corrected chi connectivity index (χ4v) is 4.27. The molecule has 2 rings (SSSR count). The van der Waals surface area contributed by atoms with Crippen LogP contribution in [0, 0.1) is 17.2 Å². The Bertz CT molecular complexity index is 664. The second kappa shape index (κ2) is 6.78. The Morgan fingerprint density at radius 3 is 2.73 bits per heavy atom. The van der Waals surface area contributed by atoms with Crippen molar-refractivity contribution < 1.29 is 8.42 Å². The van der Waals surface area contributed by atoms with E-state index in [9.17, 15) is 8.42 Å². The van der Waals surface area contributed by atoms with E-state index in [-0.39, 0.29) is 11.8 Å². The summed E-state index contributed by atoms with van der Waals surface area (Å²) in [7, 11) is -3.41. The van der Waals surface area contributed by atoms with Crippen molar-refractivity contribution in [2.75, 3.05) is 13.1 Å². The molecule has 1 saturated heterocycles. The largest absolute Gasteiger partial charge is 0.299 e. The number of nitrogens with zero attached hydrogens (tertiary/aromatic N) is 2. The smallest absolute Gasteiger partial charge is 0.216 e. The van der Waals surface area contributed by atoms with Crippen LogP contribution >= 0.6 is 0 Å². The second-order valence-corrected chi connectivity index (χ2v) is 8.07. The molecule has 1 aliphatic rings. The minimum Gasteiger partial charge on any atom is -0.299 e. The summed E-state index contributed by atoms with van der Waals surface area (Å²) in [6.07, 6.45) is 0. The highest BCUT2D eigenvalue weighted by Gasteiger charge is 2.33. The molecule has 22 heavy (non-hydrogen) atoms. The maximum atomic E-state index is 12.4. The van der Waals surface area contributed by atoms with E-state index in [1.165, 1.54) is 0 Å². The molecular weight excluding hydrogens is 298 g/mol. The Labute approximate surface area is 133 Å². The van der Waals surface area contributed by atoms with Crippen LogP contribution in [0.25, 0.3) is 0 Å². The van der Waals surface area contributed by atoms with Crippen LogP contribution in [-0.2, 0) is 15.8 Å². The lowest BCUT2D eigenvalue weighted by atomic mass is 10.1. The predicted octanol–water partition coefficient (Wildman–Crippen LogP) is 1.71. The molecule has 1 aliphatic heterocycles. The summed E-state index contributed by atoms with van der Waals surface area (Å²) in [5.41, 5.74) is 1.12. The third-order valence-corrected chi connectivity index (χ3v) is 5.49. The number of hydrogen-bond donors (Lipinski definition) is 1. The molecule has 6 heteroatoms. The zero-order chi connectivity index (χ0) is 16.3. The van der Waals surface area contributed by atoms with Crippen LogP contribution in [0.3, 0.4) is 0 Å². The van der Waals surface area contributed by atoms with Gasteiger partial charge >= 0.3 is 0 Å². The van der Waals surface area contributed by atoms with E-state index in [2.05, 4.69) is 30.4 Å². The molecule has 0 aliphatic carbocycles. The highest BCUT2D eigenvalue weighted by atomic mass is 32.2. The molecule has 1 aromatic carbocycles. The molecule has 0 spiro atoms. The molecule has 120 valence electrons. The van der Waals surface area contributed by atoms with Gasteiger partial charge in [0.1, 0.15) is 0 Å². The average Bonchev–Trinajstić information content (AvgIpc) is 2.79. The van der Waals surface area contributed by atoms with E-state index < -0.39 is 10.0 Å². The maximum absolute atomic E-state index is 12.4. The molecule has 1 fully saturated rings. The summed E-state index contributed by atoms with van der Waals surface area (Å²) in [5.74, 6) is 0.204. The Morgan fingerprint density at radius 1 is 1.41 bits per heavy atom. The van der Waals surface area contributed by atoms with Crippen LogP contribution in [0.1, 0.15) is 31.9 Å².